The van der Waals surface area contributed by atoms with Gasteiger partial charge in [0.1, 0.15) is 0 Å². The average molecular weight is 421 g/mol. The number of carbonyl (C=O) groups is 1. The molecular weight excluding hydrogens is 388 g/mol. The van der Waals surface area contributed by atoms with Gasteiger partial charge >= 0.3 is 0 Å². The Bertz CT molecular complexity index is 937. The van der Waals surface area contributed by atoms with Gasteiger partial charge in [-0.1, -0.05) is 88.4 Å². The highest BCUT2D eigenvalue weighted by Gasteiger charge is 2.68. The number of aliphatic hydroxyl groups is 1. The van der Waals surface area contributed by atoms with E-state index >= 15 is 0 Å². The summed E-state index contributed by atoms with van der Waals surface area (Å²) in [6.45, 7) is 11.0. The van der Waals surface area contributed by atoms with Crippen LogP contribution in [0.2, 0.25) is 5.04 Å². The number of rotatable bonds is 5. The molecule has 0 unspecified atom stereocenters. The van der Waals surface area contributed by atoms with Gasteiger partial charge in [-0.25, -0.2) is 0 Å². The van der Waals surface area contributed by atoms with E-state index in [1.807, 2.05) is 26.0 Å². The van der Waals surface area contributed by atoms with Gasteiger partial charge in [0.15, 0.2) is 5.78 Å². The van der Waals surface area contributed by atoms with Crippen molar-refractivity contribution in [3.05, 3.63) is 72.3 Å². The minimum atomic E-state index is -2.71. The third-order valence-corrected chi connectivity index (χ3v) is 12.6. The zero-order valence-corrected chi connectivity index (χ0v) is 19.6. The number of carbonyl (C=O) groups excluding carboxylic acids is 1. The van der Waals surface area contributed by atoms with Gasteiger partial charge in [-0.05, 0) is 40.4 Å². The van der Waals surface area contributed by atoms with Crippen LogP contribution in [0.15, 0.2) is 72.3 Å². The SMILES string of the molecule is CC1=CC(=O)[C@H]2C[C@]1(O)[C@]2(C)CO[Si](c1ccccc1)(c1ccccc1)C(C)(C)C. The zero-order chi connectivity index (χ0) is 21.8. The number of hydrogen-bond acceptors (Lipinski definition) is 3. The molecule has 1 saturated carbocycles. The molecule has 3 aliphatic carbocycles. The lowest BCUT2D eigenvalue weighted by molar-refractivity contribution is -0.201. The normalized spacial score (nSPS) is 28.7. The molecule has 1 N–H and O–H groups in total. The fraction of sp³-hybridized carbons (Fsp3) is 0.423. The number of ketones is 1. The molecule has 3 nitrogen and oxygen atoms in total. The Hall–Kier alpha value is -2.01. The Morgan fingerprint density at radius 1 is 1.03 bits per heavy atom. The number of allylic oxidation sites excluding steroid dienone is 1. The Labute approximate surface area is 180 Å². The summed E-state index contributed by atoms with van der Waals surface area (Å²) in [5.41, 5.74) is -0.795. The van der Waals surface area contributed by atoms with Crippen molar-refractivity contribution in [2.75, 3.05) is 6.61 Å². The van der Waals surface area contributed by atoms with Gasteiger partial charge in [-0.3, -0.25) is 4.79 Å². The highest BCUT2D eigenvalue weighted by Crippen LogP contribution is 2.61. The quantitative estimate of drug-likeness (QED) is 0.748. The Kier molecular flexibility index (Phi) is 4.96. The van der Waals surface area contributed by atoms with E-state index in [-0.39, 0.29) is 16.7 Å². The van der Waals surface area contributed by atoms with Crippen LogP contribution >= 0.6 is 0 Å². The first kappa shape index (κ1) is 21.2. The maximum atomic E-state index is 12.6. The average Bonchev–Trinajstić information content (AvgIpc) is 2.71. The number of fused-ring (bicyclic) bond motifs is 1. The summed E-state index contributed by atoms with van der Waals surface area (Å²) in [4.78, 5) is 12.6. The summed E-state index contributed by atoms with van der Waals surface area (Å²) in [5.74, 6) is -0.0543. The maximum absolute atomic E-state index is 12.6. The van der Waals surface area contributed by atoms with Crippen molar-refractivity contribution < 1.29 is 14.3 Å². The molecule has 2 aromatic carbocycles. The number of benzene rings is 2. The lowest BCUT2D eigenvalue weighted by Crippen LogP contribution is -2.72. The minimum Gasteiger partial charge on any atom is -0.407 e. The molecule has 2 bridgehead atoms. The first-order chi connectivity index (χ1) is 14.1. The predicted molar refractivity (Wildman–Crippen MR) is 124 cm³/mol. The Morgan fingerprint density at radius 3 is 1.97 bits per heavy atom. The van der Waals surface area contributed by atoms with Crippen LogP contribution in [0.3, 0.4) is 0 Å². The van der Waals surface area contributed by atoms with Gasteiger partial charge in [0.2, 0.25) is 0 Å². The Morgan fingerprint density at radius 2 is 1.53 bits per heavy atom. The molecule has 0 spiro atoms. The molecule has 5 rings (SSSR count). The maximum Gasteiger partial charge on any atom is 0.261 e. The standard InChI is InChI=1S/C26H32O3Si/c1-19-16-23(27)22-17-26(19,28)25(22,5)18-29-30(24(2,3)4,20-12-8-6-9-13-20)21-14-10-7-11-15-21/h6-16,22,28H,17-18H2,1-5H3/t22-,25-,26-/m1/s1. The Balaban J connectivity index is 1.81. The van der Waals surface area contributed by atoms with Gasteiger partial charge in [-0.2, -0.15) is 0 Å². The van der Waals surface area contributed by atoms with Gasteiger partial charge in [0.25, 0.3) is 8.32 Å². The molecule has 30 heavy (non-hydrogen) atoms. The summed E-state index contributed by atoms with van der Waals surface area (Å²) >= 11 is 0. The summed E-state index contributed by atoms with van der Waals surface area (Å²) in [6, 6.07) is 21.0. The van der Waals surface area contributed by atoms with Crippen molar-refractivity contribution in [1.29, 1.82) is 0 Å². The monoisotopic (exact) mass is 420 g/mol. The summed E-state index contributed by atoms with van der Waals surface area (Å²) in [6.07, 6.45) is 2.13. The van der Waals surface area contributed by atoms with Crippen LogP contribution in [0.4, 0.5) is 0 Å². The molecular formula is C26H32O3Si. The zero-order valence-electron chi connectivity index (χ0n) is 18.6. The third kappa shape index (κ3) is 2.81. The third-order valence-electron chi connectivity index (χ3n) is 7.57. The summed E-state index contributed by atoms with van der Waals surface area (Å²) in [7, 11) is -2.71. The van der Waals surface area contributed by atoms with Crippen LogP contribution in [-0.2, 0) is 9.22 Å². The van der Waals surface area contributed by atoms with E-state index in [1.165, 1.54) is 10.4 Å². The minimum absolute atomic E-state index is 0.122. The van der Waals surface area contributed by atoms with Crippen LogP contribution in [0.5, 0.6) is 0 Å². The van der Waals surface area contributed by atoms with E-state index in [9.17, 15) is 9.90 Å². The second-order valence-corrected chi connectivity index (χ2v) is 14.5. The van der Waals surface area contributed by atoms with Crippen molar-refractivity contribution in [2.45, 2.75) is 51.7 Å². The summed E-state index contributed by atoms with van der Waals surface area (Å²) < 4.78 is 7.07. The van der Waals surface area contributed by atoms with Crippen LogP contribution in [0.25, 0.3) is 0 Å². The molecule has 3 atom stereocenters. The van der Waals surface area contributed by atoms with Gasteiger partial charge in [0.05, 0.1) is 5.60 Å². The van der Waals surface area contributed by atoms with Crippen molar-refractivity contribution in [3.8, 4) is 0 Å². The molecule has 0 aromatic heterocycles. The van der Waals surface area contributed by atoms with E-state index in [0.717, 1.165) is 5.57 Å². The highest BCUT2D eigenvalue weighted by molar-refractivity contribution is 6.99. The lowest BCUT2D eigenvalue weighted by atomic mass is 9.45. The molecule has 2 aromatic rings. The molecule has 3 aliphatic rings. The molecule has 0 heterocycles. The molecule has 1 fully saturated rings. The van der Waals surface area contributed by atoms with E-state index in [0.29, 0.717) is 13.0 Å². The fourth-order valence-electron chi connectivity index (χ4n) is 5.61. The number of hydrogen-bond donors (Lipinski definition) is 1. The van der Waals surface area contributed by atoms with Crippen molar-refractivity contribution >= 4 is 24.5 Å². The van der Waals surface area contributed by atoms with Gasteiger partial charge in [-0.15, -0.1) is 0 Å². The predicted octanol–water partition coefficient (Wildman–Crippen LogP) is 3.85. The van der Waals surface area contributed by atoms with Crippen molar-refractivity contribution in [3.63, 3.8) is 0 Å². The lowest BCUT2D eigenvalue weighted by Gasteiger charge is -2.63. The first-order valence-electron chi connectivity index (χ1n) is 10.8. The molecule has 0 radical (unpaired) electrons. The molecule has 0 saturated heterocycles. The van der Waals surface area contributed by atoms with E-state index in [1.54, 1.807) is 6.08 Å². The van der Waals surface area contributed by atoms with E-state index < -0.39 is 19.3 Å². The molecule has 0 aliphatic heterocycles. The molecule has 4 heteroatoms. The topological polar surface area (TPSA) is 46.5 Å². The van der Waals surface area contributed by atoms with E-state index in [4.69, 9.17) is 4.43 Å². The first-order valence-corrected chi connectivity index (χ1v) is 12.7. The van der Waals surface area contributed by atoms with Crippen LogP contribution in [0.1, 0.15) is 41.0 Å². The second-order valence-electron chi connectivity index (χ2n) is 10.2. The largest absolute Gasteiger partial charge is 0.407 e. The molecule has 0 amide bonds. The van der Waals surface area contributed by atoms with Crippen LogP contribution < -0.4 is 10.4 Å². The summed E-state index contributed by atoms with van der Waals surface area (Å²) in [5, 5.41) is 13.7. The van der Waals surface area contributed by atoms with Crippen LogP contribution in [0, 0.1) is 11.3 Å². The fourth-order valence-corrected chi connectivity index (χ4v) is 10.3. The van der Waals surface area contributed by atoms with Crippen molar-refractivity contribution in [1.82, 2.24) is 0 Å². The second kappa shape index (κ2) is 7.01. The highest BCUT2D eigenvalue weighted by atomic mass is 28.4. The van der Waals surface area contributed by atoms with Gasteiger partial charge in [0, 0.05) is 17.9 Å². The van der Waals surface area contributed by atoms with Gasteiger partial charge < -0.3 is 9.53 Å². The smallest absolute Gasteiger partial charge is 0.261 e. The van der Waals surface area contributed by atoms with E-state index in [2.05, 4.69) is 69.3 Å². The molecule has 158 valence electrons. The van der Waals surface area contributed by atoms with Crippen molar-refractivity contribution in [2.24, 2.45) is 11.3 Å². The van der Waals surface area contributed by atoms with Crippen LogP contribution in [-0.4, -0.2) is 31.4 Å².